The van der Waals surface area contributed by atoms with E-state index in [1.54, 1.807) is 6.20 Å². The quantitative estimate of drug-likeness (QED) is 0.921. The second kappa shape index (κ2) is 5.97. The number of pyridine rings is 1. The monoisotopic (exact) mass is 288 g/mol. The van der Waals surface area contributed by atoms with Crippen molar-refractivity contribution in [2.24, 2.45) is 5.73 Å². The van der Waals surface area contributed by atoms with Crippen LogP contribution in [0.3, 0.4) is 0 Å². The van der Waals surface area contributed by atoms with Gasteiger partial charge in [-0.25, -0.2) is 4.98 Å². The van der Waals surface area contributed by atoms with E-state index >= 15 is 0 Å². The SMILES string of the molecule is C[C@@H](N)c1ccnc(N2CCN(CC(F)(F)F)CC2)c1. The van der Waals surface area contributed by atoms with Crippen LogP contribution in [0.5, 0.6) is 0 Å². The minimum Gasteiger partial charge on any atom is -0.354 e. The minimum atomic E-state index is -4.13. The van der Waals surface area contributed by atoms with Gasteiger partial charge in [-0.3, -0.25) is 4.90 Å². The van der Waals surface area contributed by atoms with E-state index in [2.05, 4.69) is 4.98 Å². The van der Waals surface area contributed by atoms with Gasteiger partial charge in [0.15, 0.2) is 0 Å². The van der Waals surface area contributed by atoms with Gasteiger partial charge in [-0.05, 0) is 24.6 Å². The van der Waals surface area contributed by atoms with Gasteiger partial charge >= 0.3 is 6.18 Å². The van der Waals surface area contributed by atoms with Crippen molar-refractivity contribution in [3.05, 3.63) is 23.9 Å². The maximum atomic E-state index is 12.3. The molecule has 2 rings (SSSR count). The summed E-state index contributed by atoms with van der Waals surface area (Å²) in [6.45, 7) is 2.93. The van der Waals surface area contributed by atoms with E-state index in [-0.39, 0.29) is 6.04 Å². The van der Waals surface area contributed by atoms with Crippen LogP contribution >= 0.6 is 0 Å². The largest absolute Gasteiger partial charge is 0.401 e. The molecule has 112 valence electrons. The first-order valence-electron chi connectivity index (χ1n) is 6.61. The maximum absolute atomic E-state index is 12.3. The molecule has 0 aliphatic carbocycles. The second-order valence-electron chi connectivity index (χ2n) is 5.11. The summed E-state index contributed by atoms with van der Waals surface area (Å²) in [7, 11) is 0. The molecule has 0 unspecified atom stereocenters. The molecule has 0 amide bonds. The van der Waals surface area contributed by atoms with E-state index in [0.29, 0.717) is 26.2 Å². The molecule has 0 spiro atoms. The average molecular weight is 288 g/mol. The highest BCUT2D eigenvalue weighted by molar-refractivity contribution is 5.42. The van der Waals surface area contributed by atoms with Crippen LogP contribution in [-0.4, -0.2) is 48.8 Å². The lowest BCUT2D eigenvalue weighted by Gasteiger charge is -2.35. The lowest BCUT2D eigenvalue weighted by molar-refractivity contribution is -0.146. The van der Waals surface area contributed by atoms with Crippen LogP contribution in [0.15, 0.2) is 18.3 Å². The molecule has 1 aliphatic heterocycles. The zero-order chi connectivity index (χ0) is 14.8. The van der Waals surface area contributed by atoms with E-state index in [4.69, 9.17) is 5.73 Å². The molecule has 0 aromatic carbocycles. The van der Waals surface area contributed by atoms with Crippen molar-refractivity contribution < 1.29 is 13.2 Å². The van der Waals surface area contributed by atoms with Gasteiger partial charge < -0.3 is 10.6 Å². The summed E-state index contributed by atoms with van der Waals surface area (Å²) in [5.41, 5.74) is 6.80. The second-order valence-corrected chi connectivity index (χ2v) is 5.11. The third kappa shape index (κ3) is 4.08. The lowest BCUT2D eigenvalue weighted by atomic mass is 10.1. The first-order chi connectivity index (χ1) is 9.35. The zero-order valence-electron chi connectivity index (χ0n) is 11.4. The van der Waals surface area contributed by atoms with Crippen molar-refractivity contribution in [2.45, 2.75) is 19.1 Å². The van der Waals surface area contributed by atoms with Crippen LogP contribution < -0.4 is 10.6 Å². The average Bonchev–Trinajstić information content (AvgIpc) is 2.38. The third-order valence-electron chi connectivity index (χ3n) is 3.39. The van der Waals surface area contributed by atoms with Gasteiger partial charge in [0, 0.05) is 38.4 Å². The van der Waals surface area contributed by atoms with Gasteiger partial charge in [0.25, 0.3) is 0 Å². The number of alkyl halides is 3. The molecule has 0 radical (unpaired) electrons. The van der Waals surface area contributed by atoms with Crippen molar-refractivity contribution in [3.63, 3.8) is 0 Å². The number of rotatable bonds is 3. The van der Waals surface area contributed by atoms with Crippen molar-refractivity contribution in [1.82, 2.24) is 9.88 Å². The number of hydrogen-bond donors (Lipinski definition) is 1. The predicted octanol–water partition coefficient (Wildman–Crippen LogP) is 1.79. The predicted molar refractivity (Wildman–Crippen MR) is 71.5 cm³/mol. The highest BCUT2D eigenvalue weighted by Gasteiger charge is 2.32. The number of anilines is 1. The van der Waals surface area contributed by atoms with Crippen LogP contribution in [0.4, 0.5) is 19.0 Å². The van der Waals surface area contributed by atoms with Crippen molar-refractivity contribution in [2.75, 3.05) is 37.6 Å². The van der Waals surface area contributed by atoms with Crippen molar-refractivity contribution in [3.8, 4) is 0 Å². The summed E-state index contributed by atoms with van der Waals surface area (Å²) >= 11 is 0. The van der Waals surface area contributed by atoms with Gasteiger partial charge in [0.2, 0.25) is 0 Å². The Morgan fingerprint density at radius 2 is 1.95 bits per heavy atom. The summed E-state index contributed by atoms with van der Waals surface area (Å²) in [5.74, 6) is 0.784. The number of halogens is 3. The Kier molecular flexibility index (Phi) is 4.49. The molecule has 0 bridgehead atoms. The molecule has 1 saturated heterocycles. The topological polar surface area (TPSA) is 45.4 Å². The van der Waals surface area contributed by atoms with Crippen LogP contribution in [0.2, 0.25) is 0 Å². The fourth-order valence-corrected chi connectivity index (χ4v) is 2.28. The van der Waals surface area contributed by atoms with Crippen LogP contribution in [-0.2, 0) is 0 Å². The molecular weight excluding hydrogens is 269 g/mol. The minimum absolute atomic E-state index is 0.0803. The lowest BCUT2D eigenvalue weighted by Crippen LogP contribution is -2.49. The normalized spacial score (nSPS) is 19.1. The summed E-state index contributed by atoms with van der Waals surface area (Å²) in [4.78, 5) is 7.70. The van der Waals surface area contributed by atoms with E-state index in [1.807, 2.05) is 24.0 Å². The number of piperazine rings is 1. The number of aromatic nitrogens is 1. The molecule has 1 aromatic heterocycles. The molecule has 1 atom stereocenters. The molecule has 0 saturated carbocycles. The number of nitrogens with zero attached hydrogens (tertiary/aromatic N) is 3. The van der Waals surface area contributed by atoms with Gasteiger partial charge in [0.05, 0.1) is 6.54 Å². The molecule has 1 aromatic rings. The molecule has 20 heavy (non-hydrogen) atoms. The van der Waals surface area contributed by atoms with E-state index in [9.17, 15) is 13.2 Å². The summed E-state index contributed by atoms with van der Waals surface area (Å²) in [6.07, 6.45) is -2.44. The first kappa shape index (κ1) is 15.1. The Morgan fingerprint density at radius 1 is 1.30 bits per heavy atom. The Hall–Kier alpha value is -1.34. The van der Waals surface area contributed by atoms with Crippen LogP contribution in [0.25, 0.3) is 0 Å². The summed E-state index contributed by atoms with van der Waals surface area (Å²) in [6, 6.07) is 3.68. The van der Waals surface area contributed by atoms with E-state index in [1.165, 1.54) is 4.90 Å². The molecule has 7 heteroatoms. The molecule has 1 fully saturated rings. The molecular formula is C13H19F3N4. The molecule has 2 N–H and O–H groups in total. The molecule has 4 nitrogen and oxygen atoms in total. The van der Waals surface area contributed by atoms with Gasteiger partial charge in [0.1, 0.15) is 5.82 Å². The van der Waals surface area contributed by atoms with Crippen LogP contribution in [0.1, 0.15) is 18.5 Å². The fraction of sp³-hybridized carbons (Fsp3) is 0.615. The number of hydrogen-bond acceptors (Lipinski definition) is 4. The molecule has 2 heterocycles. The standard InChI is InChI=1S/C13H19F3N4/c1-10(17)11-2-3-18-12(8-11)20-6-4-19(5-7-20)9-13(14,15)16/h2-3,8,10H,4-7,9,17H2,1H3/t10-/m1/s1. The maximum Gasteiger partial charge on any atom is 0.401 e. The Morgan fingerprint density at radius 3 is 2.50 bits per heavy atom. The van der Waals surface area contributed by atoms with Gasteiger partial charge in [-0.2, -0.15) is 13.2 Å². The Labute approximate surface area is 116 Å². The van der Waals surface area contributed by atoms with Gasteiger partial charge in [-0.1, -0.05) is 0 Å². The van der Waals surface area contributed by atoms with E-state index in [0.717, 1.165) is 11.4 Å². The zero-order valence-corrected chi connectivity index (χ0v) is 11.4. The van der Waals surface area contributed by atoms with Gasteiger partial charge in [-0.15, -0.1) is 0 Å². The van der Waals surface area contributed by atoms with E-state index < -0.39 is 12.7 Å². The molecule has 1 aliphatic rings. The highest BCUT2D eigenvalue weighted by atomic mass is 19.4. The smallest absolute Gasteiger partial charge is 0.354 e. The third-order valence-corrected chi connectivity index (χ3v) is 3.39. The Bertz CT molecular complexity index is 439. The fourth-order valence-electron chi connectivity index (χ4n) is 2.28. The van der Waals surface area contributed by atoms with Crippen molar-refractivity contribution >= 4 is 5.82 Å². The highest BCUT2D eigenvalue weighted by Crippen LogP contribution is 2.21. The first-order valence-corrected chi connectivity index (χ1v) is 6.61. The Balaban J connectivity index is 1.95. The van der Waals surface area contributed by atoms with Crippen LogP contribution in [0, 0.1) is 0 Å². The number of nitrogens with two attached hydrogens (primary N) is 1. The van der Waals surface area contributed by atoms with Crippen molar-refractivity contribution in [1.29, 1.82) is 0 Å². The summed E-state index contributed by atoms with van der Waals surface area (Å²) < 4.78 is 37.0. The summed E-state index contributed by atoms with van der Waals surface area (Å²) in [5, 5.41) is 0.